The molecular weight excluding hydrogens is 268 g/mol. The van der Waals surface area contributed by atoms with Crippen molar-refractivity contribution in [1.82, 2.24) is 10.6 Å². The average molecular weight is 292 g/mol. The number of carbonyl (C=O) groups excluding carboxylic acids is 2. The first-order valence-electron chi connectivity index (χ1n) is 7.31. The fourth-order valence-corrected chi connectivity index (χ4v) is 2.24. The third-order valence-electron chi connectivity index (χ3n) is 3.68. The van der Waals surface area contributed by atoms with Crippen molar-refractivity contribution in [2.45, 2.75) is 32.8 Å². The van der Waals surface area contributed by atoms with Crippen molar-refractivity contribution in [1.29, 1.82) is 0 Å². The number of aliphatic hydroxyl groups is 1. The lowest BCUT2D eigenvalue weighted by atomic mass is 9.96. The normalized spacial score (nSPS) is 12.0. The first-order valence-corrected chi connectivity index (χ1v) is 7.31. The van der Waals surface area contributed by atoms with Gasteiger partial charge in [-0.1, -0.05) is 32.8 Å². The maximum absolute atomic E-state index is 12.1. The van der Waals surface area contributed by atoms with Crippen molar-refractivity contribution in [2.24, 2.45) is 5.92 Å². The summed E-state index contributed by atoms with van der Waals surface area (Å²) in [5.41, 5.74) is 0.846. The van der Waals surface area contributed by atoms with Crippen molar-refractivity contribution in [2.75, 3.05) is 13.6 Å². The summed E-state index contributed by atoms with van der Waals surface area (Å²) in [4.78, 5) is 23.6. The monoisotopic (exact) mass is 292 g/mol. The highest BCUT2D eigenvalue weighted by molar-refractivity contribution is 5.99. The highest BCUT2D eigenvalue weighted by atomic mass is 16.3. The van der Waals surface area contributed by atoms with Gasteiger partial charge in [-0.2, -0.15) is 0 Å². The predicted octanol–water partition coefficient (Wildman–Crippen LogP) is 1.57. The quantitative estimate of drug-likeness (QED) is 0.714. The molecule has 0 saturated heterocycles. The van der Waals surface area contributed by atoms with Crippen LogP contribution in [0.3, 0.4) is 0 Å². The minimum absolute atomic E-state index is 0.183. The lowest BCUT2D eigenvalue weighted by Crippen LogP contribution is -2.36. The van der Waals surface area contributed by atoms with E-state index in [2.05, 4.69) is 10.6 Å². The molecule has 0 aromatic heterocycles. The van der Waals surface area contributed by atoms with Crippen molar-refractivity contribution in [3.63, 3.8) is 0 Å². The Labute approximate surface area is 125 Å². The lowest BCUT2D eigenvalue weighted by Gasteiger charge is -2.20. The van der Waals surface area contributed by atoms with Gasteiger partial charge in [-0.15, -0.1) is 0 Å². The van der Waals surface area contributed by atoms with Crippen molar-refractivity contribution < 1.29 is 14.7 Å². The molecule has 5 nitrogen and oxygen atoms in total. The van der Waals surface area contributed by atoms with E-state index in [4.69, 9.17) is 0 Å². The lowest BCUT2D eigenvalue weighted by molar-refractivity contribution is 0.0816. The second kappa shape index (κ2) is 8.42. The van der Waals surface area contributed by atoms with E-state index in [9.17, 15) is 14.7 Å². The number of benzene rings is 1. The van der Waals surface area contributed by atoms with E-state index in [1.165, 1.54) is 6.07 Å². The minimum Gasteiger partial charge on any atom is -0.391 e. The van der Waals surface area contributed by atoms with Gasteiger partial charge >= 0.3 is 0 Å². The zero-order valence-electron chi connectivity index (χ0n) is 12.8. The Kier molecular flexibility index (Phi) is 6.88. The Balaban J connectivity index is 2.66. The van der Waals surface area contributed by atoms with Gasteiger partial charge in [0.15, 0.2) is 0 Å². The SMILES string of the molecule is CCC(CC)C(O)CNC(=O)c1cccc(C(=O)NC)c1. The molecule has 0 heterocycles. The molecule has 3 N–H and O–H groups in total. The zero-order valence-corrected chi connectivity index (χ0v) is 12.8. The maximum atomic E-state index is 12.1. The Bertz CT molecular complexity index is 484. The van der Waals surface area contributed by atoms with Gasteiger partial charge < -0.3 is 15.7 Å². The van der Waals surface area contributed by atoms with Crippen LogP contribution in [0.1, 0.15) is 47.4 Å². The van der Waals surface area contributed by atoms with Gasteiger partial charge in [0.25, 0.3) is 11.8 Å². The van der Waals surface area contributed by atoms with Crippen LogP contribution in [0.2, 0.25) is 0 Å². The minimum atomic E-state index is -0.550. The summed E-state index contributed by atoms with van der Waals surface area (Å²) in [6, 6.07) is 6.49. The first-order chi connectivity index (χ1) is 10.0. The molecule has 0 radical (unpaired) electrons. The van der Waals surface area contributed by atoms with E-state index in [1.807, 2.05) is 13.8 Å². The Hall–Kier alpha value is -1.88. The molecule has 1 aromatic carbocycles. The molecule has 2 amide bonds. The summed E-state index contributed by atoms with van der Waals surface area (Å²) >= 11 is 0. The van der Waals surface area contributed by atoms with E-state index in [-0.39, 0.29) is 24.3 Å². The van der Waals surface area contributed by atoms with Gasteiger partial charge in [-0.05, 0) is 24.1 Å². The zero-order chi connectivity index (χ0) is 15.8. The van der Waals surface area contributed by atoms with E-state index in [0.717, 1.165) is 12.8 Å². The van der Waals surface area contributed by atoms with Gasteiger partial charge in [-0.25, -0.2) is 0 Å². The first kappa shape index (κ1) is 17.2. The van der Waals surface area contributed by atoms with Gasteiger partial charge in [-0.3, -0.25) is 9.59 Å². The summed E-state index contributed by atoms with van der Waals surface area (Å²) in [6.45, 7) is 4.26. The molecule has 1 rings (SSSR count). The molecule has 0 aliphatic rings. The molecule has 0 aliphatic heterocycles. The van der Waals surface area contributed by atoms with Gasteiger partial charge in [0.05, 0.1) is 6.10 Å². The molecule has 116 valence electrons. The average Bonchev–Trinajstić information content (AvgIpc) is 2.53. The topological polar surface area (TPSA) is 78.4 Å². The summed E-state index contributed by atoms with van der Waals surface area (Å²) in [6.07, 6.45) is 1.20. The molecule has 0 bridgehead atoms. The van der Waals surface area contributed by atoms with Crippen molar-refractivity contribution in [3.8, 4) is 0 Å². The van der Waals surface area contributed by atoms with Crippen LogP contribution in [-0.4, -0.2) is 36.6 Å². The highest BCUT2D eigenvalue weighted by Crippen LogP contribution is 2.12. The highest BCUT2D eigenvalue weighted by Gasteiger charge is 2.17. The van der Waals surface area contributed by atoms with Crippen LogP contribution in [0.4, 0.5) is 0 Å². The van der Waals surface area contributed by atoms with Crippen LogP contribution < -0.4 is 10.6 Å². The number of nitrogens with one attached hydrogen (secondary N) is 2. The molecule has 1 unspecified atom stereocenters. The second-order valence-corrected chi connectivity index (χ2v) is 5.01. The number of hydrogen-bond donors (Lipinski definition) is 3. The van der Waals surface area contributed by atoms with Crippen LogP contribution in [0.5, 0.6) is 0 Å². The fourth-order valence-electron chi connectivity index (χ4n) is 2.24. The predicted molar refractivity (Wildman–Crippen MR) is 82.2 cm³/mol. The standard InChI is InChI=1S/C16H24N2O3/c1-4-11(5-2)14(19)10-18-16(21)13-8-6-7-12(9-13)15(20)17-3/h6-9,11,14,19H,4-5,10H2,1-3H3,(H,17,20)(H,18,21). The van der Waals surface area contributed by atoms with Crippen LogP contribution >= 0.6 is 0 Å². The van der Waals surface area contributed by atoms with Gasteiger partial charge in [0.2, 0.25) is 0 Å². The fraction of sp³-hybridized carbons (Fsp3) is 0.500. The molecule has 0 spiro atoms. The largest absolute Gasteiger partial charge is 0.391 e. The number of aliphatic hydroxyl groups excluding tert-OH is 1. The number of amides is 2. The molecule has 21 heavy (non-hydrogen) atoms. The molecule has 0 saturated carbocycles. The summed E-state index contributed by atoms with van der Waals surface area (Å²) in [7, 11) is 1.54. The Morgan fingerprint density at radius 3 is 2.24 bits per heavy atom. The van der Waals surface area contributed by atoms with Gasteiger partial charge in [0, 0.05) is 24.7 Å². The second-order valence-electron chi connectivity index (χ2n) is 5.01. The number of rotatable bonds is 7. The van der Waals surface area contributed by atoms with E-state index in [0.29, 0.717) is 11.1 Å². The third kappa shape index (κ3) is 4.86. The molecule has 1 aromatic rings. The molecule has 5 heteroatoms. The van der Waals surface area contributed by atoms with Crippen LogP contribution in [0.25, 0.3) is 0 Å². The van der Waals surface area contributed by atoms with E-state index < -0.39 is 6.10 Å². The molecule has 0 aliphatic carbocycles. The number of carbonyl (C=O) groups is 2. The van der Waals surface area contributed by atoms with Crippen LogP contribution in [-0.2, 0) is 0 Å². The third-order valence-corrected chi connectivity index (χ3v) is 3.68. The van der Waals surface area contributed by atoms with Gasteiger partial charge in [0.1, 0.15) is 0 Å². The molecule has 0 fully saturated rings. The molecule has 1 atom stereocenters. The Morgan fingerprint density at radius 1 is 1.14 bits per heavy atom. The van der Waals surface area contributed by atoms with E-state index in [1.54, 1.807) is 25.2 Å². The van der Waals surface area contributed by atoms with E-state index >= 15 is 0 Å². The maximum Gasteiger partial charge on any atom is 0.251 e. The summed E-state index contributed by atoms with van der Waals surface area (Å²) in [5, 5.41) is 15.2. The van der Waals surface area contributed by atoms with Crippen molar-refractivity contribution >= 4 is 11.8 Å². The van der Waals surface area contributed by atoms with Crippen LogP contribution in [0.15, 0.2) is 24.3 Å². The molecular formula is C16H24N2O3. The Morgan fingerprint density at radius 2 is 1.71 bits per heavy atom. The van der Waals surface area contributed by atoms with Crippen LogP contribution in [0, 0.1) is 5.92 Å². The number of hydrogen-bond acceptors (Lipinski definition) is 3. The van der Waals surface area contributed by atoms with Crippen molar-refractivity contribution in [3.05, 3.63) is 35.4 Å². The summed E-state index contributed by atoms with van der Waals surface area (Å²) in [5.74, 6) is -0.338. The summed E-state index contributed by atoms with van der Waals surface area (Å²) < 4.78 is 0. The smallest absolute Gasteiger partial charge is 0.251 e.